The summed E-state index contributed by atoms with van der Waals surface area (Å²) < 4.78 is 51.3. The van der Waals surface area contributed by atoms with E-state index in [9.17, 15) is 22.4 Å². The van der Waals surface area contributed by atoms with Crippen LogP contribution in [0.15, 0.2) is 6.07 Å². The summed E-state index contributed by atoms with van der Waals surface area (Å²) in [6.45, 7) is -0.190. The summed E-state index contributed by atoms with van der Waals surface area (Å²) in [5.41, 5.74) is -0.917. The van der Waals surface area contributed by atoms with Crippen LogP contribution in [-0.4, -0.2) is 24.2 Å². The van der Waals surface area contributed by atoms with Gasteiger partial charge >= 0.3 is 0 Å². The average Bonchev–Trinajstić information content (AvgIpc) is 2.31. The zero-order valence-corrected chi connectivity index (χ0v) is 8.57. The molecule has 0 saturated heterocycles. The SMILES string of the molecule is O=C(NCCCO)c1cc(F)c(F)c(F)c1F. The lowest BCUT2D eigenvalue weighted by Gasteiger charge is -2.06. The number of halogens is 4. The minimum atomic E-state index is -2.03. The number of hydrogen-bond acceptors (Lipinski definition) is 2. The number of carbonyl (C=O) groups excluding carboxylic acids is 1. The van der Waals surface area contributed by atoms with Gasteiger partial charge in [0, 0.05) is 13.2 Å². The number of carbonyl (C=O) groups is 1. The molecule has 3 nitrogen and oxygen atoms in total. The monoisotopic (exact) mass is 251 g/mol. The van der Waals surface area contributed by atoms with Gasteiger partial charge in [0.05, 0.1) is 5.56 Å². The first kappa shape index (κ1) is 13.4. The van der Waals surface area contributed by atoms with E-state index in [0.29, 0.717) is 0 Å². The summed E-state index contributed by atoms with van der Waals surface area (Å²) in [5, 5.41) is 10.6. The summed E-state index contributed by atoms with van der Waals surface area (Å²) in [6.07, 6.45) is 0.208. The minimum Gasteiger partial charge on any atom is -0.396 e. The molecule has 0 bridgehead atoms. The van der Waals surface area contributed by atoms with Crippen LogP contribution in [-0.2, 0) is 0 Å². The second kappa shape index (κ2) is 5.62. The molecule has 0 aliphatic rings. The Morgan fingerprint density at radius 3 is 2.41 bits per heavy atom. The molecule has 94 valence electrons. The van der Waals surface area contributed by atoms with Crippen LogP contribution in [0.3, 0.4) is 0 Å². The van der Waals surface area contributed by atoms with Crippen molar-refractivity contribution < 1.29 is 27.5 Å². The standard InChI is InChI=1S/C10H9F4NO2/c11-6-4-5(7(12)9(14)8(6)13)10(17)15-2-1-3-16/h4,16H,1-3H2,(H,15,17). The third-order valence-electron chi connectivity index (χ3n) is 1.97. The van der Waals surface area contributed by atoms with E-state index in [4.69, 9.17) is 5.11 Å². The molecule has 0 aliphatic heterocycles. The molecule has 0 radical (unpaired) electrons. The summed E-state index contributed by atoms with van der Waals surface area (Å²) in [7, 11) is 0. The van der Waals surface area contributed by atoms with Gasteiger partial charge in [-0.3, -0.25) is 4.79 Å². The van der Waals surface area contributed by atoms with Crippen molar-refractivity contribution in [1.82, 2.24) is 5.32 Å². The molecule has 0 aromatic heterocycles. The quantitative estimate of drug-likeness (QED) is 0.367. The van der Waals surface area contributed by atoms with Gasteiger partial charge in [0.1, 0.15) is 0 Å². The van der Waals surface area contributed by atoms with Gasteiger partial charge < -0.3 is 10.4 Å². The Balaban J connectivity index is 2.94. The van der Waals surface area contributed by atoms with Crippen LogP contribution in [0.1, 0.15) is 16.8 Å². The van der Waals surface area contributed by atoms with Crippen molar-refractivity contribution in [2.45, 2.75) is 6.42 Å². The predicted molar refractivity (Wildman–Crippen MR) is 50.3 cm³/mol. The minimum absolute atomic E-state index is 0.00931. The van der Waals surface area contributed by atoms with Gasteiger partial charge in [-0.2, -0.15) is 0 Å². The number of aliphatic hydroxyl groups excluding tert-OH is 1. The first-order valence-electron chi connectivity index (χ1n) is 4.71. The van der Waals surface area contributed by atoms with Crippen LogP contribution in [0, 0.1) is 23.3 Å². The average molecular weight is 251 g/mol. The van der Waals surface area contributed by atoms with Crippen LogP contribution in [0.2, 0.25) is 0 Å². The molecular formula is C10H9F4NO2. The fraction of sp³-hybridized carbons (Fsp3) is 0.300. The van der Waals surface area contributed by atoms with E-state index in [-0.39, 0.29) is 25.6 Å². The number of benzene rings is 1. The molecule has 1 aromatic rings. The summed E-state index contributed by atoms with van der Waals surface area (Å²) in [5.74, 6) is -8.46. The van der Waals surface area contributed by atoms with Gasteiger partial charge in [-0.05, 0) is 12.5 Å². The molecule has 2 N–H and O–H groups in total. The summed E-state index contributed by atoms with van der Waals surface area (Å²) in [6, 6.07) is 0.280. The van der Waals surface area contributed by atoms with E-state index in [0.717, 1.165) is 0 Å². The smallest absolute Gasteiger partial charge is 0.254 e. The maximum atomic E-state index is 13.1. The lowest BCUT2D eigenvalue weighted by Crippen LogP contribution is -2.26. The highest BCUT2D eigenvalue weighted by atomic mass is 19.2. The second-order valence-electron chi connectivity index (χ2n) is 3.18. The van der Waals surface area contributed by atoms with Crippen molar-refractivity contribution in [3.05, 3.63) is 34.9 Å². The highest BCUT2D eigenvalue weighted by Gasteiger charge is 2.22. The van der Waals surface area contributed by atoms with E-state index in [1.54, 1.807) is 0 Å². The van der Waals surface area contributed by atoms with Crippen molar-refractivity contribution >= 4 is 5.91 Å². The Kier molecular flexibility index (Phi) is 4.45. The van der Waals surface area contributed by atoms with Crippen molar-refractivity contribution in [2.24, 2.45) is 0 Å². The molecule has 0 fully saturated rings. The Labute approximate surface area is 94.1 Å². The number of hydrogen-bond donors (Lipinski definition) is 2. The van der Waals surface area contributed by atoms with Gasteiger partial charge in [-0.1, -0.05) is 0 Å². The molecule has 0 atom stereocenters. The zero-order valence-electron chi connectivity index (χ0n) is 8.57. The largest absolute Gasteiger partial charge is 0.396 e. The number of amides is 1. The van der Waals surface area contributed by atoms with Gasteiger partial charge in [0.25, 0.3) is 5.91 Å². The molecule has 17 heavy (non-hydrogen) atoms. The van der Waals surface area contributed by atoms with Crippen molar-refractivity contribution in [3.8, 4) is 0 Å². The fourth-order valence-electron chi connectivity index (χ4n) is 1.11. The molecule has 1 rings (SSSR count). The fourth-order valence-corrected chi connectivity index (χ4v) is 1.11. The number of nitrogens with one attached hydrogen (secondary N) is 1. The van der Waals surface area contributed by atoms with Crippen LogP contribution < -0.4 is 5.32 Å². The molecule has 0 spiro atoms. The molecule has 1 aromatic carbocycles. The highest BCUT2D eigenvalue weighted by Crippen LogP contribution is 2.18. The van der Waals surface area contributed by atoms with E-state index in [1.807, 2.05) is 0 Å². The molecule has 0 heterocycles. The Hall–Kier alpha value is -1.63. The van der Waals surface area contributed by atoms with Gasteiger partial charge in [0.2, 0.25) is 0 Å². The van der Waals surface area contributed by atoms with Crippen molar-refractivity contribution in [2.75, 3.05) is 13.2 Å². The first-order valence-corrected chi connectivity index (χ1v) is 4.71. The number of aliphatic hydroxyl groups is 1. The summed E-state index contributed by atoms with van der Waals surface area (Å²) in [4.78, 5) is 11.3. The van der Waals surface area contributed by atoms with E-state index in [2.05, 4.69) is 5.32 Å². The van der Waals surface area contributed by atoms with E-state index in [1.165, 1.54) is 0 Å². The zero-order chi connectivity index (χ0) is 13.0. The third-order valence-corrected chi connectivity index (χ3v) is 1.97. The normalized spacial score (nSPS) is 10.4. The molecule has 0 aliphatic carbocycles. The Morgan fingerprint density at radius 1 is 1.18 bits per heavy atom. The lowest BCUT2D eigenvalue weighted by molar-refractivity contribution is 0.0945. The van der Waals surface area contributed by atoms with E-state index >= 15 is 0 Å². The van der Waals surface area contributed by atoms with Crippen molar-refractivity contribution in [3.63, 3.8) is 0 Å². The van der Waals surface area contributed by atoms with Crippen molar-refractivity contribution in [1.29, 1.82) is 0 Å². The molecule has 7 heteroatoms. The lowest BCUT2D eigenvalue weighted by atomic mass is 10.1. The Bertz CT molecular complexity index is 437. The van der Waals surface area contributed by atoms with Gasteiger partial charge in [0.15, 0.2) is 23.3 Å². The molecule has 1 amide bonds. The first-order chi connectivity index (χ1) is 7.99. The third kappa shape index (κ3) is 2.94. The Morgan fingerprint density at radius 2 is 1.82 bits per heavy atom. The van der Waals surface area contributed by atoms with Crippen LogP contribution in [0.25, 0.3) is 0 Å². The predicted octanol–water partition coefficient (Wildman–Crippen LogP) is 1.36. The van der Waals surface area contributed by atoms with Crippen LogP contribution in [0.5, 0.6) is 0 Å². The summed E-state index contributed by atoms with van der Waals surface area (Å²) >= 11 is 0. The van der Waals surface area contributed by atoms with Gasteiger partial charge in [-0.15, -0.1) is 0 Å². The van der Waals surface area contributed by atoms with Gasteiger partial charge in [-0.25, -0.2) is 17.6 Å². The maximum absolute atomic E-state index is 13.1. The highest BCUT2D eigenvalue weighted by molar-refractivity contribution is 5.94. The second-order valence-corrected chi connectivity index (χ2v) is 3.18. The van der Waals surface area contributed by atoms with Crippen LogP contribution in [0.4, 0.5) is 17.6 Å². The maximum Gasteiger partial charge on any atom is 0.254 e. The molecular weight excluding hydrogens is 242 g/mol. The van der Waals surface area contributed by atoms with E-state index < -0.39 is 34.7 Å². The topological polar surface area (TPSA) is 49.3 Å². The van der Waals surface area contributed by atoms with Crippen LogP contribution >= 0.6 is 0 Å². The molecule has 0 unspecified atom stereocenters. The number of rotatable bonds is 4. The molecule has 0 saturated carbocycles.